The number of ether oxygens (including phenoxy) is 2. The van der Waals surface area contributed by atoms with Crippen LogP contribution in [0.1, 0.15) is 12.8 Å². The lowest BCUT2D eigenvalue weighted by atomic mass is 9.70. The summed E-state index contributed by atoms with van der Waals surface area (Å²) in [4.78, 5) is 56.4. The van der Waals surface area contributed by atoms with Crippen molar-refractivity contribution in [2.24, 2.45) is 23.7 Å². The first-order valence-corrected chi connectivity index (χ1v) is 14.3. The summed E-state index contributed by atoms with van der Waals surface area (Å²) in [6.07, 6.45) is 0.294. The standard InChI is InChI=1S/C34H28N4O6/c35-19-1-9-23(10-2-19)43-25-13-5-21(6-14-25)37-31(39)27-17-29-30(18-28(27)32(37)40)34(42)38(33(29)41)22-7-15-26(16-8-22)44-24-11-3-20(36)4-12-24/h1-16,27-30H,17-18,35-36H2. The highest BCUT2D eigenvalue weighted by Gasteiger charge is 2.60. The predicted octanol–water partition coefficient (Wildman–Crippen LogP) is 5.14. The summed E-state index contributed by atoms with van der Waals surface area (Å²) in [5, 5.41) is 0. The topological polar surface area (TPSA) is 145 Å². The van der Waals surface area contributed by atoms with E-state index in [9.17, 15) is 19.2 Å². The maximum absolute atomic E-state index is 13.5. The minimum absolute atomic E-state index is 0.147. The van der Waals surface area contributed by atoms with Crippen LogP contribution in [0.25, 0.3) is 0 Å². The molecule has 2 saturated heterocycles. The van der Waals surface area contributed by atoms with Crippen molar-refractivity contribution in [1.29, 1.82) is 0 Å². The van der Waals surface area contributed by atoms with Gasteiger partial charge in [-0.3, -0.25) is 29.0 Å². The number of rotatable bonds is 6. The Balaban J connectivity index is 1.04. The number of hydrogen-bond acceptors (Lipinski definition) is 8. The smallest absolute Gasteiger partial charge is 0.237 e. The number of fused-ring (bicyclic) bond motifs is 2. The van der Waals surface area contributed by atoms with Gasteiger partial charge in [0, 0.05) is 11.4 Å². The fraction of sp³-hybridized carbons (Fsp3) is 0.176. The molecule has 44 heavy (non-hydrogen) atoms. The molecule has 0 bridgehead atoms. The molecule has 0 spiro atoms. The van der Waals surface area contributed by atoms with Crippen molar-refractivity contribution in [2.75, 3.05) is 21.3 Å². The summed E-state index contributed by atoms with van der Waals surface area (Å²) in [5.41, 5.74) is 13.5. The van der Waals surface area contributed by atoms with Gasteiger partial charge in [0.05, 0.1) is 35.0 Å². The zero-order valence-electron chi connectivity index (χ0n) is 23.5. The van der Waals surface area contributed by atoms with Crippen molar-refractivity contribution in [2.45, 2.75) is 12.8 Å². The van der Waals surface area contributed by atoms with E-state index in [2.05, 4.69) is 0 Å². The molecule has 0 radical (unpaired) electrons. The molecule has 2 heterocycles. The molecule has 0 aromatic heterocycles. The SMILES string of the molecule is Nc1ccc(Oc2ccc(N3C(=O)C4CC5C(=O)N(c6ccc(Oc7ccc(N)cc7)cc6)C(=O)C5CC4C3=O)cc2)cc1. The Bertz CT molecular complexity index is 1600. The molecule has 1 aliphatic carbocycles. The third-order valence-corrected chi connectivity index (χ3v) is 8.56. The van der Waals surface area contributed by atoms with Gasteiger partial charge in [0.15, 0.2) is 0 Å². The van der Waals surface area contributed by atoms with Gasteiger partial charge in [-0.1, -0.05) is 0 Å². The van der Waals surface area contributed by atoms with E-state index >= 15 is 0 Å². The van der Waals surface area contributed by atoms with Gasteiger partial charge in [-0.05, 0) is 110 Å². The molecule has 4 unspecified atom stereocenters. The third-order valence-electron chi connectivity index (χ3n) is 8.56. The fourth-order valence-corrected chi connectivity index (χ4v) is 6.36. The number of carbonyl (C=O) groups excluding carboxylic acids is 4. The van der Waals surface area contributed by atoms with Gasteiger partial charge in [-0.2, -0.15) is 0 Å². The number of benzene rings is 4. The maximum atomic E-state index is 13.5. The first-order valence-electron chi connectivity index (χ1n) is 14.3. The first-order chi connectivity index (χ1) is 21.3. The molecule has 4 aromatic carbocycles. The molecule has 1 saturated carbocycles. The molecule has 10 nitrogen and oxygen atoms in total. The molecule has 3 aliphatic rings. The average molecular weight is 589 g/mol. The van der Waals surface area contributed by atoms with Gasteiger partial charge in [-0.25, -0.2) is 0 Å². The molecule has 2 aliphatic heterocycles. The number of hydrogen-bond donors (Lipinski definition) is 2. The molecule has 7 rings (SSSR count). The summed E-state index contributed by atoms with van der Waals surface area (Å²) >= 11 is 0. The summed E-state index contributed by atoms with van der Waals surface area (Å²) in [6.45, 7) is 0. The van der Waals surface area contributed by atoms with Crippen molar-refractivity contribution < 1.29 is 28.7 Å². The lowest BCUT2D eigenvalue weighted by Gasteiger charge is -2.28. The van der Waals surface area contributed by atoms with Crippen molar-refractivity contribution in [1.82, 2.24) is 0 Å². The van der Waals surface area contributed by atoms with Gasteiger partial charge in [0.25, 0.3) is 0 Å². The van der Waals surface area contributed by atoms with E-state index in [0.717, 1.165) is 0 Å². The second kappa shape index (κ2) is 10.6. The third kappa shape index (κ3) is 4.70. The highest BCUT2D eigenvalue weighted by Crippen LogP contribution is 2.49. The van der Waals surface area contributed by atoms with Crippen molar-refractivity contribution in [3.63, 3.8) is 0 Å². The van der Waals surface area contributed by atoms with Crippen LogP contribution in [-0.2, 0) is 19.2 Å². The van der Waals surface area contributed by atoms with Gasteiger partial charge >= 0.3 is 0 Å². The Kier molecular flexibility index (Phi) is 6.54. The summed E-state index contributed by atoms with van der Waals surface area (Å²) in [7, 11) is 0. The van der Waals surface area contributed by atoms with Gasteiger partial charge in [0.2, 0.25) is 23.6 Å². The Morgan fingerprint density at radius 2 is 0.682 bits per heavy atom. The normalized spacial score (nSPS) is 22.6. The zero-order chi connectivity index (χ0) is 30.5. The Morgan fingerprint density at radius 1 is 0.432 bits per heavy atom. The van der Waals surface area contributed by atoms with Gasteiger partial charge < -0.3 is 20.9 Å². The highest BCUT2D eigenvalue weighted by molar-refractivity contribution is 6.25. The number of anilines is 4. The molecule has 10 heteroatoms. The van der Waals surface area contributed by atoms with Crippen LogP contribution >= 0.6 is 0 Å². The van der Waals surface area contributed by atoms with Crippen LogP contribution in [-0.4, -0.2) is 23.6 Å². The van der Waals surface area contributed by atoms with Crippen molar-refractivity contribution in [3.8, 4) is 23.0 Å². The Morgan fingerprint density at radius 3 is 0.955 bits per heavy atom. The monoisotopic (exact) mass is 588 g/mol. The molecule has 220 valence electrons. The van der Waals surface area contributed by atoms with Crippen LogP contribution in [0.2, 0.25) is 0 Å². The van der Waals surface area contributed by atoms with Gasteiger partial charge in [0.1, 0.15) is 23.0 Å². The maximum Gasteiger partial charge on any atom is 0.237 e. The lowest BCUT2D eigenvalue weighted by molar-refractivity contribution is -0.129. The minimum Gasteiger partial charge on any atom is -0.457 e. The number of imide groups is 2. The summed E-state index contributed by atoms with van der Waals surface area (Å²) in [6, 6.07) is 27.2. The number of carbonyl (C=O) groups is 4. The molecular weight excluding hydrogens is 560 g/mol. The average Bonchev–Trinajstić information content (AvgIpc) is 3.43. The second-order valence-electron chi connectivity index (χ2n) is 11.3. The highest BCUT2D eigenvalue weighted by atomic mass is 16.5. The van der Waals surface area contributed by atoms with Crippen LogP contribution in [0.5, 0.6) is 23.0 Å². The van der Waals surface area contributed by atoms with Crippen molar-refractivity contribution >= 4 is 46.4 Å². The van der Waals surface area contributed by atoms with E-state index in [0.29, 0.717) is 45.7 Å². The van der Waals surface area contributed by atoms with E-state index in [4.69, 9.17) is 20.9 Å². The number of nitrogens with two attached hydrogens (primary N) is 2. The van der Waals surface area contributed by atoms with Crippen LogP contribution in [0.4, 0.5) is 22.7 Å². The van der Waals surface area contributed by atoms with Gasteiger partial charge in [-0.15, -0.1) is 0 Å². The number of nitrogen functional groups attached to an aromatic ring is 2. The largest absolute Gasteiger partial charge is 0.457 e. The molecule has 4 N–H and O–H groups in total. The van der Waals surface area contributed by atoms with Crippen LogP contribution in [0, 0.1) is 23.7 Å². The van der Waals surface area contributed by atoms with E-state index in [1.54, 1.807) is 97.1 Å². The van der Waals surface area contributed by atoms with E-state index < -0.39 is 23.7 Å². The summed E-state index contributed by atoms with van der Waals surface area (Å²) < 4.78 is 11.6. The quantitative estimate of drug-likeness (QED) is 0.233. The van der Waals surface area contributed by atoms with Crippen molar-refractivity contribution in [3.05, 3.63) is 97.1 Å². The number of amides is 4. The molecule has 4 aromatic rings. The van der Waals surface area contributed by atoms with Crippen LogP contribution in [0.15, 0.2) is 97.1 Å². The van der Waals surface area contributed by atoms with E-state index in [1.807, 2.05) is 0 Å². The fourth-order valence-electron chi connectivity index (χ4n) is 6.36. The summed E-state index contributed by atoms with van der Waals surface area (Å²) in [5.74, 6) is -1.81. The Labute approximate surface area is 252 Å². The van der Waals surface area contributed by atoms with Crippen LogP contribution < -0.4 is 30.7 Å². The molecule has 4 amide bonds. The lowest BCUT2D eigenvalue weighted by Crippen LogP contribution is -2.35. The zero-order valence-corrected chi connectivity index (χ0v) is 23.5. The second-order valence-corrected chi connectivity index (χ2v) is 11.3. The van der Waals surface area contributed by atoms with Crippen LogP contribution in [0.3, 0.4) is 0 Å². The van der Waals surface area contributed by atoms with E-state index in [-0.39, 0.29) is 36.5 Å². The number of nitrogens with zero attached hydrogens (tertiary/aromatic N) is 2. The van der Waals surface area contributed by atoms with E-state index in [1.165, 1.54) is 9.80 Å². The predicted molar refractivity (Wildman–Crippen MR) is 163 cm³/mol. The molecular formula is C34H28N4O6. The Hall–Kier alpha value is -5.64. The minimum atomic E-state index is -0.665. The molecule has 3 fully saturated rings. The first kappa shape index (κ1) is 27.2. The molecule has 4 atom stereocenters.